The summed E-state index contributed by atoms with van der Waals surface area (Å²) in [7, 11) is 1.64. The Morgan fingerprint density at radius 1 is 0.976 bits per heavy atom. The van der Waals surface area contributed by atoms with Crippen LogP contribution in [0.4, 0.5) is 5.82 Å². The smallest absolute Gasteiger partial charge is 0.310 e. The van der Waals surface area contributed by atoms with Crippen molar-refractivity contribution in [3.05, 3.63) is 83.7 Å². The minimum atomic E-state index is -0.297. The number of nitrogen functional groups attached to an aromatic ring is 1. The second-order valence-electron chi connectivity index (χ2n) is 10.5. The molecule has 0 aliphatic heterocycles. The quantitative estimate of drug-likeness (QED) is 0.191. The average Bonchev–Trinajstić information content (AvgIpc) is 3.29. The molecule has 2 N–H and O–H groups in total. The molecule has 0 unspecified atom stereocenters. The summed E-state index contributed by atoms with van der Waals surface area (Å²) in [5.74, 6) is 1.26. The molecule has 5 rings (SSSR count). The van der Waals surface area contributed by atoms with Crippen molar-refractivity contribution in [1.82, 2.24) is 14.8 Å². The van der Waals surface area contributed by atoms with Gasteiger partial charge in [0.1, 0.15) is 23.9 Å². The highest BCUT2D eigenvalue weighted by Gasteiger charge is 2.16. The van der Waals surface area contributed by atoms with Crippen LogP contribution in [0.3, 0.4) is 0 Å². The van der Waals surface area contributed by atoms with Crippen molar-refractivity contribution in [1.29, 1.82) is 0 Å². The molecular weight excluding hydrogens is 516 g/mol. The van der Waals surface area contributed by atoms with Crippen LogP contribution in [-0.2, 0) is 40.4 Å². The van der Waals surface area contributed by atoms with Crippen molar-refractivity contribution >= 4 is 33.5 Å². The van der Waals surface area contributed by atoms with E-state index in [0.717, 1.165) is 56.2 Å². The number of nitrogens with zero attached hydrogens (tertiary/aromatic N) is 3. The van der Waals surface area contributed by atoms with Gasteiger partial charge in [-0.3, -0.25) is 9.48 Å². The van der Waals surface area contributed by atoms with Crippen molar-refractivity contribution in [2.75, 3.05) is 19.5 Å². The molecule has 0 radical (unpaired) electrons. The van der Waals surface area contributed by atoms with E-state index in [-0.39, 0.29) is 19.0 Å². The Bertz CT molecular complexity index is 1690. The minimum Gasteiger partial charge on any atom is -0.487 e. The number of methoxy groups -OCH3 is 1. The number of aromatic nitrogens is 3. The van der Waals surface area contributed by atoms with Crippen LogP contribution < -0.4 is 10.5 Å². The lowest BCUT2D eigenvalue weighted by Gasteiger charge is -2.13. The van der Waals surface area contributed by atoms with Crippen molar-refractivity contribution in [3.8, 4) is 16.9 Å². The average molecular weight is 553 g/mol. The predicted molar refractivity (Wildman–Crippen MR) is 162 cm³/mol. The van der Waals surface area contributed by atoms with Crippen LogP contribution in [0.5, 0.6) is 5.75 Å². The summed E-state index contributed by atoms with van der Waals surface area (Å²) in [6.07, 6.45) is 1.84. The van der Waals surface area contributed by atoms with E-state index in [0.29, 0.717) is 30.7 Å². The van der Waals surface area contributed by atoms with Crippen LogP contribution in [0.25, 0.3) is 32.8 Å². The number of rotatable bonds is 11. The number of fused-ring (bicyclic) bond motifs is 2. The molecule has 0 aliphatic carbocycles. The van der Waals surface area contributed by atoms with Crippen LogP contribution in [0.1, 0.15) is 37.6 Å². The number of hydrogen-bond donors (Lipinski definition) is 1. The number of nitrogens with two attached hydrogens (primary N) is 1. The van der Waals surface area contributed by atoms with Crippen molar-refractivity contribution < 1.29 is 19.0 Å². The number of hydrogen-bond acceptors (Lipinski definition) is 7. The Morgan fingerprint density at radius 3 is 2.51 bits per heavy atom. The molecule has 0 amide bonds. The maximum absolute atomic E-state index is 12.3. The van der Waals surface area contributed by atoms with Gasteiger partial charge in [0, 0.05) is 36.2 Å². The Morgan fingerprint density at radius 2 is 1.76 bits per heavy atom. The lowest BCUT2D eigenvalue weighted by atomic mass is 10.00. The van der Waals surface area contributed by atoms with Crippen molar-refractivity contribution in [2.45, 2.75) is 47.0 Å². The zero-order valence-electron chi connectivity index (χ0n) is 24.0. The molecule has 0 spiro atoms. The van der Waals surface area contributed by atoms with Crippen LogP contribution in [0.2, 0.25) is 0 Å². The molecular formula is C33H36N4O4. The molecule has 2 heterocycles. The van der Waals surface area contributed by atoms with Gasteiger partial charge >= 0.3 is 5.97 Å². The standard InChI is InChI=1S/C33H36N4O4/c1-5-40-32(38)17-26-14-22(19-39-4)6-11-31(26)41-20-29-28-16-25(9-10-30(28)37(36-29)18-21(2)3)24-8-7-23-12-13-35-33(34)27(23)15-24/h6-16,21H,5,17-20H2,1-4H3,(H2,34,35). The Kier molecular flexibility index (Phi) is 8.50. The molecule has 2 aromatic heterocycles. The van der Waals surface area contributed by atoms with Gasteiger partial charge in [-0.15, -0.1) is 0 Å². The molecule has 0 bridgehead atoms. The molecule has 8 heteroatoms. The van der Waals surface area contributed by atoms with Crippen LogP contribution in [0, 0.1) is 5.92 Å². The van der Waals surface area contributed by atoms with Crippen molar-refractivity contribution in [3.63, 3.8) is 0 Å². The zero-order chi connectivity index (χ0) is 28.9. The summed E-state index contributed by atoms with van der Waals surface area (Å²) in [6, 6.07) is 20.4. The van der Waals surface area contributed by atoms with E-state index >= 15 is 0 Å². The van der Waals surface area contributed by atoms with Gasteiger partial charge in [0.25, 0.3) is 0 Å². The van der Waals surface area contributed by atoms with Gasteiger partial charge in [-0.05, 0) is 71.3 Å². The number of ether oxygens (including phenoxy) is 3. The number of anilines is 1. The summed E-state index contributed by atoms with van der Waals surface area (Å²) in [5, 5.41) is 7.96. The summed E-state index contributed by atoms with van der Waals surface area (Å²) in [5.41, 5.74) is 11.9. The molecule has 0 atom stereocenters. The lowest BCUT2D eigenvalue weighted by Crippen LogP contribution is -2.10. The third kappa shape index (κ3) is 6.33. The SMILES string of the molecule is CCOC(=O)Cc1cc(COC)ccc1OCc1nn(CC(C)C)c2ccc(-c3ccc4ccnc(N)c4c3)cc12. The molecule has 41 heavy (non-hydrogen) atoms. The van der Waals surface area contributed by atoms with Crippen LogP contribution in [-0.4, -0.2) is 34.5 Å². The Hall–Kier alpha value is -4.43. The number of carbonyl (C=O) groups is 1. The number of pyridine rings is 1. The first-order chi connectivity index (χ1) is 19.9. The molecule has 0 saturated heterocycles. The normalized spacial score (nSPS) is 11.4. The van der Waals surface area contributed by atoms with Gasteiger partial charge in [0.2, 0.25) is 0 Å². The van der Waals surface area contributed by atoms with E-state index in [1.165, 1.54) is 0 Å². The topological polar surface area (TPSA) is 101 Å². The fourth-order valence-corrected chi connectivity index (χ4v) is 5.07. The summed E-state index contributed by atoms with van der Waals surface area (Å²) in [6.45, 7) is 7.96. The fourth-order valence-electron chi connectivity index (χ4n) is 5.07. The van der Waals surface area contributed by atoms with Gasteiger partial charge < -0.3 is 19.9 Å². The van der Waals surface area contributed by atoms with Crippen LogP contribution in [0.15, 0.2) is 66.9 Å². The molecule has 0 fully saturated rings. The first-order valence-electron chi connectivity index (χ1n) is 13.9. The maximum Gasteiger partial charge on any atom is 0.310 e. The first kappa shape index (κ1) is 28.1. The largest absolute Gasteiger partial charge is 0.487 e. The van der Waals surface area contributed by atoms with Gasteiger partial charge in [0.15, 0.2) is 0 Å². The third-order valence-electron chi connectivity index (χ3n) is 6.94. The van der Waals surface area contributed by atoms with Crippen molar-refractivity contribution in [2.24, 2.45) is 5.92 Å². The summed E-state index contributed by atoms with van der Waals surface area (Å²) >= 11 is 0. The monoisotopic (exact) mass is 552 g/mol. The molecule has 0 saturated carbocycles. The minimum absolute atomic E-state index is 0.118. The van der Waals surface area contributed by atoms with E-state index in [2.05, 4.69) is 55.2 Å². The number of benzene rings is 3. The highest BCUT2D eigenvalue weighted by atomic mass is 16.5. The van der Waals surface area contributed by atoms with Gasteiger partial charge in [-0.1, -0.05) is 38.1 Å². The molecule has 0 aliphatic rings. The zero-order valence-corrected chi connectivity index (χ0v) is 24.0. The first-order valence-corrected chi connectivity index (χ1v) is 13.9. The highest BCUT2D eigenvalue weighted by Crippen LogP contribution is 2.31. The van der Waals surface area contributed by atoms with Gasteiger partial charge in [0.05, 0.1) is 25.2 Å². The van der Waals surface area contributed by atoms with E-state index < -0.39 is 0 Å². The Balaban J connectivity index is 1.50. The lowest BCUT2D eigenvalue weighted by molar-refractivity contribution is -0.142. The summed E-state index contributed by atoms with van der Waals surface area (Å²) in [4.78, 5) is 16.6. The van der Waals surface area contributed by atoms with Gasteiger partial charge in [-0.25, -0.2) is 4.98 Å². The maximum atomic E-state index is 12.3. The molecule has 8 nitrogen and oxygen atoms in total. The molecule has 3 aromatic carbocycles. The van der Waals surface area contributed by atoms with Gasteiger partial charge in [-0.2, -0.15) is 5.10 Å². The fraction of sp³-hybridized carbons (Fsp3) is 0.303. The molecule has 212 valence electrons. The molecule has 5 aromatic rings. The number of carbonyl (C=O) groups excluding carboxylic acids is 1. The summed E-state index contributed by atoms with van der Waals surface area (Å²) < 4.78 is 18.9. The second kappa shape index (κ2) is 12.4. The third-order valence-corrected chi connectivity index (χ3v) is 6.94. The highest BCUT2D eigenvalue weighted by molar-refractivity contribution is 5.95. The van der Waals surface area contributed by atoms with E-state index in [1.807, 2.05) is 28.9 Å². The van der Waals surface area contributed by atoms with E-state index in [1.54, 1.807) is 20.2 Å². The van der Waals surface area contributed by atoms with E-state index in [9.17, 15) is 4.79 Å². The van der Waals surface area contributed by atoms with E-state index in [4.69, 9.17) is 25.0 Å². The Labute approximate surface area is 240 Å². The number of esters is 1. The second-order valence-corrected chi connectivity index (χ2v) is 10.5. The van der Waals surface area contributed by atoms with Crippen LogP contribution >= 0.6 is 0 Å². The predicted octanol–water partition coefficient (Wildman–Crippen LogP) is 6.32.